The van der Waals surface area contributed by atoms with Crippen LogP contribution in [-0.2, 0) is 32.0 Å². The number of aliphatic imine (C=N–C) groups is 1. The lowest BCUT2D eigenvalue weighted by Crippen LogP contribution is -2.57. The lowest BCUT2D eigenvalue weighted by atomic mass is 10.0. The molecule has 0 aliphatic heterocycles. The minimum absolute atomic E-state index is 0.0116. The molecule has 0 bridgehead atoms. The monoisotopic (exact) mass is 674 g/mol. The van der Waals surface area contributed by atoms with Crippen molar-refractivity contribution in [3.05, 3.63) is 72.1 Å². The number of nitrogens with zero attached hydrogens (tertiary/aromatic N) is 1. The van der Waals surface area contributed by atoms with E-state index < -0.39 is 47.9 Å². The first-order valence-corrected chi connectivity index (χ1v) is 16.3. The van der Waals surface area contributed by atoms with Crippen molar-refractivity contribution in [1.29, 1.82) is 0 Å². The molecule has 2 aromatic heterocycles. The maximum atomic E-state index is 13.9. The van der Waals surface area contributed by atoms with Gasteiger partial charge in [0, 0.05) is 53.6 Å². The van der Waals surface area contributed by atoms with Crippen LogP contribution >= 0.6 is 0 Å². The summed E-state index contributed by atoms with van der Waals surface area (Å²) in [6, 6.07) is 10.6. The Morgan fingerprint density at radius 1 is 0.714 bits per heavy atom. The van der Waals surface area contributed by atoms with Crippen LogP contribution in [0.1, 0.15) is 43.2 Å². The molecule has 0 radical (unpaired) electrons. The van der Waals surface area contributed by atoms with Gasteiger partial charge in [-0.25, -0.2) is 4.79 Å². The van der Waals surface area contributed by atoms with Crippen LogP contribution in [0.2, 0.25) is 0 Å². The Morgan fingerprint density at radius 2 is 1.24 bits per heavy atom. The Hall–Kier alpha value is -5.41. The van der Waals surface area contributed by atoms with Crippen molar-refractivity contribution in [2.24, 2.45) is 27.9 Å². The number of carboxylic acids is 1. The van der Waals surface area contributed by atoms with Crippen molar-refractivity contribution >= 4 is 51.5 Å². The fraction of sp³-hybridized carbons (Fsp3) is 0.382. The van der Waals surface area contributed by atoms with E-state index in [4.69, 9.17) is 22.9 Å². The van der Waals surface area contributed by atoms with Crippen LogP contribution in [0.4, 0.5) is 0 Å². The van der Waals surface area contributed by atoms with Gasteiger partial charge in [-0.3, -0.25) is 19.4 Å². The third kappa shape index (κ3) is 10.3. The Bertz CT molecular complexity index is 1760. The number of aliphatic carboxylic acids is 1. The van der Waals surface area contributed by atoms with Crippen LogP contribution in [0, 0.1) is 0 Å². The number of aromatic nitrogens is 2. The summed E-state index contributed by atoms with van der Waals surface area (Å²) in [5.74, 6) is -3.12. The largest absolute Gasteiger partial charge is 0.480 e. The van der Waals surface area contributed by atoms with E-state index in [0.29, 0.717) is 32.4 Å². The molecule has 0 saturated carbocycles. The molecular formula is C34H46N10O5. The van der Waals surface area contributed by atoms with E-state index in [9.17, 15) is 24.3 Å². The Morgan fingerprint density at radius 3 is 1.82 bits per heavy atom. The topological polar surface area (TPSA) is 273 Å². The van der Waals surface area contributed by atoms with Crippen molar-refractivity contribution in [2.45, 2.75) is 69.1 Å². The van der Waals surface area contributed by atoms with E-state index in [1.54, 1.807) is 12.4 Å². The highest BCUT2D eigenvalue weighted by molar-refractivity contribution is 5.95. The van der Waals surface area contributed by atoms with Gasteiger partial charge in [0.2, 0.25) is 17.7 Å². The van der Waals surface area contributed by atoms with E-state index in [1.807, 2.05) is 48.5 Å². The van der Waals surface area contributed by atoms with Crippen LogP contribution in [-0.4, -0.2) is 82.0 Å². The number of fused-ring (bicyclic) bond motifs is 2. The normalized spacial score (nSPS) is 13.7. The minimum atomic E-state index is -1.29. The SMILES string of the molecule is NCCCCC(NC(=O)C(N)CCCN=C(N)N)C(=O)NC(Cc1c[nH]c2ccccc12)C(=O)NC(Cc1c[nH]c2ccccc12)C(=O)O. The molecule has 262 valence electrons. The second-order valence-corrected chi connectivity index (χ2v) is 12.0. The molecule has 3 amide bonds. The fourth-order valence-corrected chi connectivity index (χ4v) is 5.69. The number of nitrogens with one attached hydrogen (secondary N) is 5. The van der Waals surface area contributed by atoms with E-state index in [2.05, 4.69) is 30.9 Å². The molecule has 4 unspecified atom stereocenters. The lowest BCUT2D eigenvalue weighted by Gasteiger charge is -2.25. The van der Waals surface area contributed by atoms with Gasteiger partial charge in [-0.15, -0.1) is 0 Å². The molecule has 14 N–H and O–H groups in total. The lowest BCUT2D eigenvalue weighted by molar-refractivity contribution is -0.142. The molecule has 2 aromatic carbocycles. The number of para-hydroxylation sites is 2. The van der Waals surface area contributed by atoms with Crippen LogP contribution in [0.3, 0.4) is 0 Å². The zero-order valence-corrected chi connectivity index (χ0v) is 27.3. The maximum absolute atomic E-state index is 13.9. The summed E-state index contributed by atoms with van der Waals surface area (Å²) in [6.07, 6.45) is 5.64. The first kappa shape index (κ1) is 36.4. The van der Waals surface area contributed by atoms with Gasteiger partial charge in [-0.2, -0.15) is 0 Å². The number of aromatic amines is 2. The fourth-order valence-electron chi connectivity index (χ4n) is 5.69. The van der Waals surface area contributed by atoms with Crippen LogP contribution in [0.5, 0.6) is 0 Å². The number of carbonyl (C=O) groups is 4. The summed E-state index contributed by atoms with van der Waals surface area (Å²) in [4.78, 5) is 63.3. The number of H-pyrrole nitrogens is 2. The zero-order valence-electron chi connectivity index (χ0n) is 27.3. The molecule has 0 spiro atoms. The first-order chi connectivity index (χ1) is 23.6. The number of benzene rings is 2. The number of guanidine groups is 1. The Kier molecular flexibility index (Phi) is 13.1. The Labute approximate surface area is 283 Å². The summed E-state index contributed by atoms with van der Waals surface area (Å²) in [5.41, 5.74) is 25.6. The third-order valence-electron chi connectivity index (χ3n) is 8.33. The highest BCUT2D eigenvalue weighted by Gasteiger charge is 2.31. The van der Waals surface area contributed by atoms with Crippen molar-refractivity contribution in [2.75, 3.05) is 13.1 Å². The maximum Gasteiger partial charge on any atom is 0.326 e. The van der Waals surface area contributed by atoms with Gasteiger partial charge in [0.15, 0.2) is 5.96 Å². The molecule has 15 nitrogen and oxygen atoms in total. The van der Waals surface area contributed by atoms with Crippen LogP contribution < -0.4 is 38.9 Å². The van der Waals surface area contributed by atoms with Gasteiger partial charge in [-0.05, 0) is 61.9 Å². The average Bonchev–Trinajstić information content (AvgIpc) is 3.69. The van der Waals surface area contributed by atoms with E-state index in [0.717, 1.165) is 32.9 Å². The molecule has 2 heterocycles. The number of carboxylic acid groups (broad SMARTS) is 1. The Balaban J connectivity index is 1.54. The molecule has 0 saturated heterocycles. The van der Waals surface area contributed by atoms with E-state index in [-0.39, 0.29) is 31.6 Å². The number of unbranched alkanes of at least 4 members (excludes halogenated alkanes) is 1. The molecule has 4 rings (SSSR count). The number of nitrogens with two attached hydrogens (primary N) is 4. The highest BCUT2D eigenvalue weighted by Crippen LogP contribution is 2.21. The summed E-state index contributed by atoms with van der Waals surface area (Å²) >= 11 is 0. The molecule has 0 fully saturated rings. The van der Waals surface area contributed by atoms with Gasteiger partial charge in [0.05, 0.1) is 6.04 Å². The van der Waals surface area contributed by atoms with Crippen LogP contribution in [0.25, 0.3) is 21.8 Å². The van der Waals surface area contributed by atoms with Gasteiger partial charge in [0.25, 0.3) is 0 Å². The first-order valence-electron chi connectivity index (χ1n) is 16.3. The second-order valence-electron chi connectivity index (χ2n) is 12.0. The number of hydrogen-bond acceptors (Lipinski definition) is 7. The van der Waals surface area contributed by atoms with Gasteiger partial charge in [-0.1, -0.05) is 36.4 Å². The summed E-state index contributed by atoms with van der Waals surface area (Å²) in [7, 11) is 0. The number of rotatable bonds is 19. The zero-order chi connectivity index (χ0) is 35.3. The summed E-state index contributed by atoms with van der Waals surface area (Å²) in [5, 5.41) is 20.0. The number of hydrogen-bond donors (Lipinski definition) is 10. The van der Waals surface area contributed by atoms with Crippen molar-refractivity contribution in [3.8, 4) is 0 Å². The predicted octanol–water partition coefficient (Wildman–Crippen LogP) is 0.483. The van der Waals surface area contributed by atoms with Gasteiger partial charge in [0.1, 0.15) is 18.1 Å². The van der Waals surface area contributed by atoms with Crippen molar-refractivity contribution < 1.29 is 24.3 Å². The summed E-state index contributed by atoms with van der Waals surface area (Å²) in [6.45, 7) is 0.692. The van der Waals surface area contributed by atoms with Gasteiger partial charge < -0.3 is 54.0 Å². The molecular weight excluding hydrogens is 628 g/mol. The van der Waals surface area contributed by atoms with E-state index >= 15 is 0 Å². The summed E-state index contributed by atoms with van der Waals surface area (Å²) < 4.78 is 0. The average molecular weight is 675 g/mol. The standard InChI is InChI=1S/C34H46N10O5/c35-14-6-5-13-27(42-30(45)24(36)10-7-15-39-34(37)38)31(46)43-28(16-20-18-40-25-11-3-1-8-22(20)25)32(47)44-29(33(48)49)17-21-19-41-26-12-4-2-9-23(21)26/h1-4,8-9,11-12,18-19,24,27-29,40-41H,5-7,10,13-17,35-36H2,(H,42,45)(H,43,46)(H,44,47)(H,48,49)(H4,37,38,39). The smallest absolute Gasteiger partial charge is 0.326 e. The number of carbonyl (C=O) groups excluding carboxylic acids is 3. The van der Waals surface area contributed by atoms with Crippen LogP contribution in [0.15, 0.2) is 65.9 Å². The predicted molar refractivity (Wildman–Crippen MR) is 188 cm³/mol. The van der Waals surface area contributed by atoms with Crippen molar-refractivity contribution in [3.63, 3.8) is 0 Å². The van der Waals surface area contributed by atoms with Gasteiger partial charge >= 0.3 is 5.97 Å². The highest BCUT2D eigenvalue weighted by atomic mass is 16.4. The quantitative estimate of drug-likeness (QED) is 0.0376. The third-order valence-corrected chi connectivity index (χ3v) is 8.33. The molecule has 4 atom stereocenters. The van der Waals surface area contributed by atoms with Crippen molar-refractivity contribution in [1.82, 2.24) is 25.9 Å². The second kappa shape index (κ2) is 17.7. The van der Waals surface area contributed by atoms with E-state index in [1.165, 1.54) is 0 Å². The number of amides is 3. The minimum Gasteiger partial charge on any atom is -0.480 e. The molecule has 0 aliphatic carbocycles. The molecule has 4 aromatic rings. The molecule has 49 heavy (non-hydrogen) atoms. The molecule has 0 aliphatic rings. The molecule has 15 heteroatoms.